The number of nitrogens with zero attached hydrogens (tertiary/aromatic N) is 1. The molecular formula is C17H15N2O5S-. The first-order valence-corrected chi connectivity index (χ1v) is 8.70. The fourth-order valence-corrected chi connectivity index (χ4v) is 3.32. The van der Waals surface area contributed by atoms with E-state index in [-0.39, 0.29) is 11.3 Å². The van der Waals surface area contributed by atoms with E-state index >= 15 is 0 Å². The smallest absolute Gasteiger partial charge is 0.241 e. The monoisotopic (exact) mass is 359 g/mol. The number of carboxylic acid groups (broad SMARTS) is 1. The highest BCUT2D eigenvalue weighted by Crippen LogP contribution is 2.16. The molecule has 25 heavy (non-hydrogen) atoms. The van der Waals surface area contributed by atoms with E-state index in [9.17, 15) is 18.3 Å². The minimum Gasteiger partial charge on any atom is -0.548 e. The zero-order valence-corrected chi connectivity index (χ0v) is 14.1. The van der Waals surface area contributed by atoms with Crippen LogP contribution in [-0.2, 0) is 21.2 Å². The van der Waals surface area contributed by atoms with Crippen molar-refractivity contribution in [1.82, 2.24) is 4.72 Å². The van der Waals surface area contributed by atoms with Gasteiger partial charge in [0, 0.05) is 0 Å². The van der Waals surface area contributed by atoms with Gasteiger partial charge in [0.05, 0.1) is 35.6 Å². The Morgan fingerprint density at radius 2 is 1.80 bits per heavy atom. The molecule has 1 N–H and O–H groups in total. The highest BCUT2D eigenvalue weighted by atomic mass is 32.2. The van der Waals surface area contributed by atoms with E-state index in [1.54, 1.807) is 12.1 Å². The molecule has 0 aromatic heterocycles. The lowest BCUT2D eigenvalue weighted by atomic mass is 10.1. The summed E-state index contributed by atoms with van der Waals surface area (Å²) in [5.41, 5.74) is 0.984. The Bertz CT molecular complexity index is 884. The van der Waals surface area contributed by atoms with Crippen molar-refractivity contribution < 1.29 is 23.1 Å². The molecule has 0 saturated carbocycles. The first-order valence-electron chi connectivity index (χ1n) is 7.22. The maximum Gasteiger partial charge on any atom is 0.241 e. The zero-order valence-electron chi connectivity index (χ0n) is 13.3. The quantitative estimate of drug-likeness (QED) is 0.754. The number of hydrogen-bond acceptors (Lipinski definition) is 6. The molecule has 2 aromatic carbocycles. The van der Waals surface area contributed by atoms with Crippen LogP contribution in [0.25, 0.3) is 0 Å². The molecule has 0 fully saturated rings. The van der Waals surface area contributed by atoms with Crippen LogP contribution < -0.4 is 14.6 Å². The Morgan fingerprint density at radius 1 is 1.20 bits per heavy atom. The van der Waals surface area contributed by atoms with Crippen LogP contribution in [0, 0.1) is 11.3 Å². The lowest BCUT2D eigenvalue weighted by Crippen LogP contribution is -2.49. The van der Waals surface area contributed by atoms with Crippen molar-refractivity contribution in [3.63, 3.8) is 0 Å². The fourth-order valence-electron chi connectivity index (χ4n) is 2.13. The second-order valence-electron chi connectivity index (χ2n) is 5.18. The van der Waals surface area contributed by atoms with Gasteiger partial charge in [-0.2, -0.15) is 5.26 Å². The predicted octanol–water partition coefficient (Wildman–Crippen LogP) is 0.206. The molecule has 2 aromatic rings. The molecular weight excluding hydrogens is 344 g/mol. The molecule has 0 amide bonds. The van der Waals surface area contributed by atoms with Crippen LogP contribution in [-0.4, -0.2) is 27.5 Å². The molecule has 0 unspecified atom stereocenters. The summed E-state index contributed by atoms with van der Waals surface area (Å²) < 4.78 is 31.8. The predicted molar refractivity (Wildman–Crippen MR) is 87.0 cm³/mol. The molecule has 130 valence electrons. The third kappa shape index (κ3) is 4.79. The summed E-state index contributed by atoms with van der Waals surface area (Å²) in [5.74, 6) is -1.06. The van der Waals surface area contributed by atoms with Gasteiger partial charge in [0.2, 0.25) is 10.0 Å². The maximum atomic E-state index is 12.4. The highest BCUT2D eigenvalue weighted by Gasteiger charge is 2.21. The minimum atomic E-state index is -4.04. The number of benzene rings is 2. The number of carbonyl (C=O) groups is 1. The number of carbonyl (C=O) groups excluding carboxylic acids is 1. The first-order chi connectivity index (χ1) is 11.9. The van der Waals surface area contributed by atoms with Crippen LogP contribution in [0.3, 0.4) is 0 Å². The zero-order chi connectivity index (χ0) is 18.4. The summed E-state index contributed by atoms with van der Waals surface area (Å²) in [5, 5.41) is 20.1. The average molecular weight is 359 g/mol. The second kappa shape index (κ2) is 7.79. The number of nitriles is 1. The number of nitrogens with one attached hydrogen (secondary N) is 1. The molecule has 7 nitrogen and oxygen atoms in total. The summed E-state index contributed by atoms with van der Waals surface area (Å²) in [7, 11) is -2.59. The van der Waals surface area contributed by atoms with Crippen molar-refractivity contribution in [2.45, 2.75) is 17.4 Å². The summed E-state index contributed by atoms with van der Waals surface area (Å²) in [4.78, 5) is 11.2. The van der Waals surface area contributed by atoms with Crippen LogP contribution in [0.2, 0.25) is 0 Å². The number of methoxy groups -OCH3 is 1. The van der Waals surface area contributed by atoms with Gasteiger partial charge >= 0.3 is 0 Å². The largest absolute Gasteiger partial charge is 0.548 e. The van der Waals surface area contributed by atoms with Crippen molar-refractivity contribution in [3.05, 3.63) is 59.7 Å². The Labute approximate surface area is 145 Å². The van der Waals surface area contributed by atoms with E-state index in [1.165, 1.54) is 43.5 Å². The molecule has 2 rings (SSSR count). The SMILES string of the molecule is COc1ccc(S(=O)(=O)N[C@@H](Cc2ccc(C#N)cc2)C(=O)[O-])cc1. The highest BCUT2D eigenvalue weighted by molar-refractivity contribution is 7.89. The summed E-state index contributed by atoms with van der Waals surface area (Å²) >= 11 is 0. The fraction of sp³-hybridized carbons (Fsp3) is 0.176. The van der Waals surface area contributed by atoms with Crippen molar-refractivity contribution in [2.75, 3.05) is 7.11 Å². The van der Waals surface area contributed by atoms with Crippen molar-refractivity contribution in [1.29, 1.82) is 5.26 Å². The summed E-state index contributed by atoms with van der Waals surface area (Å²) in [6.07, 6.45) is -0.108. The standard InChI is InChI=1S/C17H16N2O5S/c1-24-14-6-8-15(9-7-14)25(22,23)19-16(17(20)21)10-12-2-4-13(11-18)5-3-12/h2-9,16,19H,10H2,1H3,(H,20,21)/p-1/t16-/m0/s1. The Morgan fingerprint density at radius 3 is 2.28 bits per heavy atom. The average Bonchev–Trinajstić information content (AvgIpc) is 2.61. The van der Waals surface area contributed by atoms with Crippen LogP contribution in [0.4, 0.5) is 0 Å². The topological polar surface area (TPSA) is 119 Å². The number of aliphatic carboxylic acids is 1. The molecule has 0 saturated heterocycles. The third-order valence-corrected chi connectivity index (χ3v) is 4.96. The molecule has 0 aliphatic heterocycles. The molecule has 0 radical (unpaired) electrons. The second-order valence-corrected chi connectivity index (χ2v) is 6.90. The Balaban J connectivity index is 2.19. The van der Waals surface area contributed by atoms with E-state index < -0.39 is 22.0 Å². The van der Waals surface area contributed by atoms with E-state index in [0.717, 1.165) is 0 Å². The Kier molecular flexibility index (Phi) is 5.75. The van der Waals surface area contributed by atoms with Gasteiger partial charge in [-0.1, -0.05) is 12.1 Å². The Hall–Kier alpha value is -2.89. The summed E-state index contributed by atoms with van der Waals surface area (Å²) in [6.45, 7) is 0. The molecule has 0 aliphatic carbocycles. The van der Waals surface area contributed by atoms with Crippen molar-refractivity contribution in [3.8, 4) is 11.8 Å². The van der Waals surface area contributed by atoms with Crippen LogP contribution in [0.15, 0.2) is 53.4 Å². The molecule has 0 spiro atoms. The van der Waals surface area contributed by atoms with Gasteiger partial charge in [-0.05, 0) is 48.4 Å². The molecule has 0 bridgehead atoms. The number of hydrogen-bond donors (Lipinski definition) is 1. The van der Waals surface area contributed by atoms with Crippen LogP contribution in [0.1, 0.15) is 11.1 Å². The van der Waals surface area contributed by atoms with E-state index in [0.29, 0.717) is 16.9 Å². The lowest BCUT2D eigenvalue weighted by Gasteiger charge is -2.20. The first kappa shape index (κ1) is 18.4. The molecule has 8 heteroatoms. The number of carboxylic acids is 1. The van der Waals surface area contributed by atoms with E-state index in [4.69, 9.17) is 10.00 Å². The molecule has 1 atom stereocenters. The van der Waals surface area contributed by atoms with Gasteiger partial charge in [-0.25, -0.2) is 13.1 Å². The van der Waals surface area contributed by atoms with Gasteiger partial charge in [-0.3, -0.25) is 0 Å². The molecule has 0 heterocycles. The van der Waals surface area contributed by atoms with Crippen molar-refractivity contribution in [2.24, 2.45) is 0 Å². The van der Waals surface area contributed by atoms with Crippen molar-refractivity contribution >= 4 is 16.0 Å². The number of ether oxygens (including phenoxy) is 1. The van der Waals surface area contributed by atoms with Crippen LogP contribution >= 0.6 is 0 Å². The normalized spacial score (nSPS) is 12.2. The maximum absolute atomic E-state index is 12.4. The lowest BCUT2D eigenvalue weighted by molar-refractivity contribution is -0.307. The van der Waals surface area contributed by atoms with Gasteiger partial charge in [-0.15, -0.1) is 0 Å². The van der Waals surface area contributed by atoms with Gasteiger partial charge in [0.25, 0.3) is 0 Å². The van der Waals surface area contributed by atoms with E-state index in [1.807, 2.05) is 6.07 Å². The van der Waals surface area contributed by atoms with Gasteiger partial charge in [0.15, 0.2) is 0 Å². The number of rotatable bonds is 7. The number of sulfonamides is 1. The minimum absolute atomic E-state index is 0.0839. The third-order valence-electron chi connectivity index (χ3n) is 3.47. The summed E-state index contributed by atoms with van der Waals surface area (Å²) in [6, 6.07) is 12.2. The van der Waals surface area contributed by atoms with Gasteiger partial charge in [0.1, 0.15) is 5.75 Å². The van der Waals surface area contributed by atoms with Crippen LogP contribution in [0.5, 0.6) is 5.75 Å². The van der Waals surface area contributed by atoms with E-state index in [2.05, 4.69) is 4.72 Å². The molecule has 0 aliphatic rings. The van der Waals surface area contributed by atoms with Gasteiger partial charge < -0.3 is 14.6 Å².